The van der Waals surface area contributed by atoms with E-state index in [0.29, 0.717) is 23.7 Å². The van der Waals surface area contributed by atoms with Crippen molar-refractivity contribution < 1.29 is 14.3 Å². The first-order chi connectivity index (χ1) is 18.9. The predicted octanol–water partition coefficient (Wildman–Crippen LogP) is 3.38. The average molecular weight is 530 g/mol. The van der Waals surface area contributed by atoms with Gasteiger partial charge in [0.15, 0.2) is 0 Å². The fourth-order valence-electron chi connectivity index (χ4n) is 4.57. The van der Waals surface area contributed by atoms with Gasteiger partial charge in [0.05, 0.1) is 23.1 Å². The third-order valence-electron chi connectivity index (χ3n) is 6.51. The van der Waals surface area contributed by atoms with Crippen LogP contribution in [-0.2, 0) is 11.8 Å². The molecule has 1 saturated heterocycles. The molecule has 5 rings (SSSR count). The minimum absolute atomic E-state index is 0.141. The maximum Gasteiger partial charge on any atom is 0.254 e. The van der Waals surface area contributed by atoms with Crippen molar-refractivity contribution in [3.63, 3.8) is 0 Å². The number of amides is 2. The van der Waals surface area contributed by atoms with Gasteiger partial charge in [0.1, 0.15) is 23.7 Å². The molecule has 0 aliphatic carbocycles. The van der Waals surface area contributed by atoms with E-state index in [2.05, 4.69) is 35.9 Å². The van der Waals surface area contributed by atoms with E-state index in [1.54, 1.807) is 23.0 Å². The first-order valence-electron chi connectivity index (χ1n) is 12.8. The van der Waals surface area contributed by atoms with E-state index >= 15 is 0 Å². The number of aryl methyl sites for hydroxylation is 1. The zero-order chi connectivity index (χ0) is 27.4. The van der Waals surface area contributed by atoms with Crippen LogP contribution in [0.25, 0.3) is 10.9 Å². The normalized spacial score (nSPS) is 13.4. The lowest BCUT2D eigenvalue weighted by Crippen LogP contribution is -2.25. The van der Waals surface area contributed by atoms with Crippen molar-refractivity contribution in [2.45, 2.75) is 19.8 Å². The van der Waals surface area contributed by atoms with E-state index in [-0.39, 0.29) is 23.2 Å². The first kappa shape index (κ1) is 25.9. The Labute approximate surface area is 225 Å². The van der Waals surface area contributed by atoms with Gasteiger partial charge in [-0.1, -0.05) is 6.07 Å². The predicted molar refractivity (Wildman–Crippen MR) is 150 cm³/mol. The molecule has 3 heterocycles. The fourth-order valence-corrected chi connectivity index (χ4v) is 4.57. The summed E-state index contributed by atoms with van der Waals surface area (Å²) in [7, 11) is 1.85. The zero-order valence-corrected chi connectivity index (χ0v) is 21.9. The summed E-state index contributed by atoms with van der Waals surface area (Å²) in [5, 5.41) is 14.3. The Morgan fingerprint density at radius 2 is 1.90 bits per heavy atom. The highest BCUT2D eigenvalue weighted by atomic mass is 16.5. The van der Waals surface area contributed by atoms with E-state index in [9.17, 15) is 9.59 Å². The molecule has 2 aromatic heterocycles. The van der Waals surface area contributed by atoms with Crippen molar-refractivity contribution in [2.75, 3.05) is 42.2 Å². The summed E-state index contributed by atoms with van der Waals surface area (Å²) in [6.07, 6.45) is 5.54. The number of carbonyl (C=O) groups excluding carboxylic acids is 2. The van der Waals surface area contributed by atoms with Gasteiger partial charge in [-0.15, -0.1) is 0 Å². The van der Waals surface area contributed by atoms with Gasteiger partial charge in [0, 0.05) is 37.8 Å². The van der Waals surface area contributed by atoms with E-state index in [1.165, 1.54) is 26.0 Å². The number of carbonyl (C=O) groups is 2. The number of anilines is 5. The van der Waals surface area contributed by atoms with Gasteiger partial charge < -0.3 is 26.4 Å². The number of likely N-dealkylation sites (tertiary alicyclic amines) is 1. The van der Waals surface area contributed by atoms with Gasteiger partial charge in [0.2, 0.25) is 11.9 Å². The molecule has 12 heteroatoms. The fraction of sp³-hybridized carbons (Fsp3) is 0.296. The van der Waals surface area contributed by atoms with Crippen LogP contribution in [-0.4, -0.2) is 62.7 Å². The monoisotopic (exact) mass is 529 g/mol. The number of rotatable bonds is 10. The molecule has 1 fully saturated rings. The van der Waals surface area contributed by atoms with Crippen LogP contribution in [0, 0.1) is 0 Å². The van der Waals surface area contributed by atoms with Crippen LogP contribution in [0.1, 0.15) is 30.1 Å². The lowest BCUT2D eigenvalue weighted by atomic mass is 10.2. The van der Waals surface area contributed by atoms with Crippen molar-refractivity contribution in [1.29, 1.82) is 0 Å². The Morgan fingerprint density at radius 1 is 1.08 bits per heavy atom. The van der Waals surface area contributed by atoms with E-state index in [0.717, 1.165) is 36.2 Å². The molecule has 39 heavy (non-hydrogen) atoms. The standard InChI is InChI=1S/C27H31N9O3/c1-17(37)31-22-14-18(8-9-24(22)39-13-12-36-10-3-4-11-36)32-27-29-15-20(25(28)38)26(34-27)33-21-6-5-7-23-19(21)16-30-35(23)2/h5-9,14-16H,3-4,10-13H2,1-2H3,(H2,28,38)(H,31,37)(H2,29,32,33,34). The Bertz CT molecular complexity index is 1510. The van der Waals surface area contributed by atoms with Gasteiger partial charge in [-0.05, 0) is 56.3 Å². The van der Waals surface area contributed by atoms with Crippen molar-refractivity contribution in [3.8, 4) is 5.75 Å². The number of aromatic nitrogens is 4. The van der Waals surface area contributed by atoms with Crippen LogP contribution >= 0.6 is 0 Å². The summed E-state index contributed by atoms with van der Waals surface area (Å²) in [4.78, 5) is 35.1. The SMILES string of the molecule is CC(=O)Nc1cc(Nc2ncc(C(N)=O)c(Nc3cccc4c3cnn4C)n2)ccc1OCCN1CCCC1. The highest BCUT2D eigenvalue weighted by molar-refractivity contribution is 6.00. The lowest BCUT2D eigenvalue weighted by molar-refractivity contribution is -0.114. The zero-order valence-electron chi connectivity index (χ0n) is 21.9. The molecule has 4 aromatic rings. The van der Waals surface area contributed by atoms with Crippen LogP contribution in [0.3, 0.4) is 0 Å². The van der Waals surface area contributed by atoms with Crippen LogP contribution in [0.15, 0.2) is 48.8 Å². The van der Waals surface area contributed by atoms with Crippen LogP contribution < -0.4 is 26.4 Å². The van der Waals surface area contributed by atoms with Gasteiger partial charge in [-0.3, -0.25) is 19.2 Å². The van der Waals surface area contributed by atoms with E-state index in [4.69, 9.17) is 10.5 Å². The number of fused-ring (bicyclic) bond motifs is 1. The summed E-state index contributed by atoms with van der Waals surface area (Å²) in [5.74, 6) is 0.185. The molecule has 0 atom stereocenters. The number of ether oxygens (including phenoxy) is 1. The van der Waals surface area contributed by atoms with Gasteiger partial charge >= 0.3 is 0 Å². The highest BCUT2D eigenvalue weighted by Crippen LogP contribution is 2.31. The van der Waals surface area contributed by atoms with E-state index < -0.39 is 5.91 Å². The van der Waals surface area contributed by atoms with Crippen LogP contribution in [0.4, 0.5) is 28.8 Å². The first-order valence-corrected chi connectivity index (χ1v) is 12.8. The molecule has 0 radical (unpaired) electrons. The quantitative estimate of drug-likeness (QED) is 0.242. The second-order valence-electron chi connectivity index (χ2n) is 9.37. The number of benzene rings is 2. The molecule has 202 valence electrons. The molecule has 0 bridgehead atoms. The molecule has 1 aliphatic rings. The van der Waals surface area contributed by atoms with E-state index in [1.807, 2.05) is 31.3 Å². The van der Waals surface area contributed by atoms with Gasteiger partial charge in [-0.25, -0.2) is 4.98 Å². The molecule has 1 aliphatic heterocycles. The third kappa shape index (κ3) is 6.07. The molecule has 2 amide bonds. The minimum Gasteiger partial charge on any atom is -0.490 e. The van der Waals surface area contributed by atoms with Crippen LogP contribution in [0.2, 0.25) is 0 Å². The molecule has 0 unspecified atom stereocenters. The average Bonchev–Trinajstić information content (AvgIpc) is 3.55. The maximum atomic E-state index is 12.1. The third-order valence-corrected chi connectivity index (χ3v) is 6.51. The molecule has 5 N–H and O–H groups in total. The Hall–Kier alpha value is -4.71. The molecule has 0 saturated carbocycles. The minimum atomic E-state index is -0.661. The smallest absolute Gasteiger partial charge is 0.254 e. The highest BCUT2D eigenvalue weighted by Gasteiger charge is 2.16. The van der Waals surface area contributed by atoms with Gasteiger partial charge in [-0.2, -0.15) is 10.1 Å². The number of primary amides is 1. The van der Waals surface area contributed by atoms with Gasteiger partial charge in [0.25, 0.3) is 5.91 Å². The topological polar surface area (TPSA) is 152 Å². The second-order valence-corrected chi connectivity index (χ2v) is 9.37. The summed E-state index contributed by atoms with van der Waals surface area (Å²) in [6.45, 7) is 4.99. The summed E-state index contributed by atoms with van der Waals surface area (Å²) >= 11 is 0. The lowest BCUT2D eigenvalue weighted by Gasteiger charge is -2.17. The Morgan fingerprint density at radius 3 is 2.67 bits per heavy atom. The summed E-state index contributed by atoms with van der Waals surface area (Å²) in [5.41, 5.74) is 8.53. The second kappa shape index (κ2) is 11.4. The molecule has 12 nitrogen and oxygen atoms in total. The Kier molecular flexibility index (Phi) is 7.55. The summed E-state index contributed by atoms with van der Waals surface area (Å²) in [6, 6.07) is 11.0. The number of nitrogens with two attached hydrogens (primary N) is 1. The van der Waals surface area contributed by atoms with Crippen molar-refractivity contribution in [2.24, 2.45) is 12.8 Å². The Balaban J connectivity index is 1.37. The summed E-state index contributed by atoms with van der Waals surface area (Å²) < 4.78 is 7.74. The van der Waals surface area contributed by atoms with Crippen molar-refractivity contribution in [1.82, 2.24) is 24.6 Å². The largest absolute Gasteiger partial charge is 0.490 e. The maximum absolute atomic E-state index is 12.1. The molecule has 2 aromatic carbocycles. The molecular weight excluding hydrogens is 498 g/mol. The number of hydrogen-bond acceptors (Lipinski definition) is 9. The van der Waals surface area contributed by atoms with Crippen molar-refractivity contribution >= 4 is 51.5 Å². The van der Waals surface area contributed by atoms with Crippen molar-refractivity contribution in [3.05, 3.63) is 54.4 Å². The van der Waals surface area contributed by atoms with Crippen LogP contribution in [0.5, 0.6) is 5.75 Å². The molecule has 0 spiro atoms. The number of nitrogens with zero attached hydrogens (tertiary/aromatic N) is 5. The number of nitrogens with one attached hydrogen (secondary N) is 3. The number of hydrogen-bond donors (Lipinski definition) is 4. The molecular formula is C27H31N9O3.